The van der Waals surface area contributed by atoms with E-state index in [4.69, 9.17) is 15.2 Å². The Kier molecular flexibility index (Phi) is 6.68. The van der Waals surface area contributed by atoms with Crippen molar-refractivity contribution in [3.8, 4) is 0 Å². The van der Waals surface area contributed by atoms with Gasteiger partial charge in [-0.25, -0.2) is 0 Å². The molecule has 0 bridgehead atoms. The van der Waals surface area contributed by atoms with Crippen molar-refractivity contribution in [3.63, 3.8) is 0 Å². The van der Waals surface area contributed by atoms with Crippen LogP contribution in [0, 0.1) is 0 Å². The second-order valence-electron chi connectivity index (χ2n) is 5.88. The van der Waals surface area contributed by atoms with E-state index in [2.05, 4.69) is 36.3 Å². The molecule has 1 atom stereocenters. The van der Waals surface area contributed by atoms with E-state index in [0.29, 0.717) is 25.0 Å². The molecule has 0 amide bonds. The fraction of sp³-hybridized carbons (Fsp3) is 0.588. The molecule has 1 saturated heterocycles. The van der Waals surface area contributed by atoms with E-state index in [1.165, 1.54) is 5.56 Å². The van der Waals surface area contributed by atoms with Crippen LogP contribution in [0.25, 0.3) is 0 Å². The molecule has 1 fully saturated rings. The maximum absolute atomic E-state index is 5.91. The summed E-state index contributed by atoms with van der Waals surface area (Å²) in [5, 5.41) is 3.14. The molecule has 1 unspecified atom stereocenters. The first kappa shape index (κ1) is 16.8. The maximum Gasteiger partial charge on any atom is 0.193 e. The van der Waals surface area contributed by atoms with Crippen LogP contribution in [0.3, 0.4) is 0 Å². The zero-order valence-electron chi connectivity index (χ0n) is 13.5. The fourth-order valence-electron chi connectivity index (χ4n) is 2.32. The van der Waals surface area contributed by atoms with Crippen molar-refractivity contribution in [2.75, 3.05) is 31.7 Å². The van der Waals surface area contributed by atoms with Gasteiger partial charge in [0.2, 0.25) is 0 Å². The molecule has 122 valence electrons. The van der Waals surface area contributed by atoms with Gasteiger partial charge in [-0.15, -0.1) is 0 Å². The summed E-state index contributed by atoms with van der Waals surface area (Å²) in [6, 6.07) is 8.25. The Morgan fingerprint density at radius 1 is 1.50 bits per heavy atom. The van der Waals surface area contributed by atoms with Gasteiger partial charge in [0.05, 0.1) is 12.7 Å². The normalized spacial score (nSPS) is 18.9. The number of benzene rings is 1. The molecule has 5 nitrogen and oxygen atoms in total. The number of anilines is 1. The molecule has 0 aliphatic carbocycles. The topological polar surface area (TPSA) is 68.9 Å². The first-order chi connectivity index (χ1) is 10.6. The average molecular weight is 305 g/mol. The van der Waals surface area contributed by atoms with E-state index in [1.807, 2.05) is 12.1 Å². The van der Waals surface area contributed by atoms with Crippen molar-refractivity contribution >= 4 is 11.6 Å². The van der Waals surface area contributed by atoms with Crippen molar-refractivity contribution in [1.29, 1.82) is 0 Å². The standard InChI is InChI=1S/C17H27N3O2/c1-13(2)14-5-3-6-15(11-14)20-17(18)19-8-4-9-22-16-7-10-21-12-16/h3,5-6,11,13,16H,4,7-10,12H2,1-2H3,(H3,18,19,20). The van der Waals surface area contributed by atoms with Crippen LogP contribution in [-0.2, 0) is 9.47 Å². The minimum Gasteiger partial charge on any atom is -0.379 e. The van der Waals surface area contributed by atoms with E-state index in [1.54, 1.807) is 0 Å². The van der Waals surface area contributed by atoms with E-state index in [9.17, 15) is 0 Å². The van der Waals surface area contributed by atoms with Crippen LogP contribution in [0.15, 0.2) is 29.3 Å². The molecule has 0 saturated carbocycles. The molecular formula is C17H27N3O2. The molecule has 2 rings (SSSR count). The van der Waals surface area contributed by atoms with Gasteiger partial charge in [0.1, 0.15) is 0 Å². The lowest BCUT2D eigenvalue weighted by atomic mass is 10.0. The molecule has 3 N–H and O–H groups in total. The van der Waals surface area contributed by atoms with E-state index < -0.39 is 0 Å². The zero-order chi connectivity index (χ0) is 15.8. The van der Waals surface area contributed by atoms with Crippen LogP contribution in [0.2, 0.25) is 0 Å². The average Bonchev–Trinajstić information content (AvgIpc) is 3.00. The van der Waals surface area contributed by atoms with E-state index in [-0.39, 0.29) is 6.10 Å². The van der Waals surface area contributed by atoms with Gasteiger partial charge in [-0.05, 0) is 36.5 Å². The first-order valence-corrected chi connectivity index (χ1v) is 8.01. The summed E-state index contributed by atoms with van der Waals surface area (Å²) in [6.45, 7) is 7.25. The number of nitrogens with zero attached hydrogens (tertiary/aromatic N) is 1. The van der Waals surface area contributed by atoms with Crippen LogP contribution in [-0.4, -0.2) is 38.4 Å². The highest BCUT2D eigenvalue weighted by atomic mass is 16.5. The monoisotopic (exact) mass is 305 g/mol. The Balaban J connectivity index is 1.69. The predicted molar refractivity (Wildman–Crippen MR) is 90.4 cm³/mol. The first-order valence-electron chi connectivity index (χ1n) is 8.01. The highest BCUT2D eigenvalue weighted by Gasteiger charge is 2.15. The molecule has 1 aromatic carbocycles. The number of hydrogen-bond acceptors (Lipinski definition) is 3. The third kappa shape index (κ3) is 5.66. The number of nitrogens with two attached hydrogens (primary N) is 1. The van der Waals surface area contributed by atoms with Crippen molar-refractivity contribution in [3.05, 3.63) is 29.8 Å². The fourth-order valence-corrected chi connectivity index (χ4v) is 2.32. The molecule has 1 aliphatic rings. The van der Waals surface area contributed by atoms with Gasteiger partial charge in [0, 0.05) is 25.4 Å². The van der Waals surface area contributed by atoms with Gasteiger partial charge in [-0.2, -0.15) is 0 Å². The molecular weight excluding hydrogens is 278 g/mol. The molecule has 1 aliphatic heterocycles. The molecule has 0 spiro atoms. The summed E-state index contributed by atoms with van der Waals surface area (Å²) >= 11 is 0. The summed E-state index contributed by atoms with van der Waals surface area (Å²) in [7, 11) is 0. The number of ether oxygens (including phenoxy) is 2. The predicted octanol–water partition coefficient (Wildman–Crippen LogP) is 2.73. The van der Waals surface area contributed by atoms with Gasteiger partial charge in [0.15, 0.2) is 5.96 Å². The molecule has 5 heteroatoms. The largest absolute Gasteiger partial charge is 0.379 e. The summed E-state index contributed by atoms with van der Waals surface area (Å²) in [5.41, 5.74) is 8.18. The van der Waals surface area contributed by atoms with Crippen LogP contribution >= 0.6 is 0 Å². The van der Waals surface area contributed by atoms with Crippen molar-refractivity contribution < 1.29 is 9.47 Å². The Hall–Kier alpha value is -1.59. The smallest absolute Gasteiger partial charge is 0.193 e. The second-order valence-corrected chi connectivity index (χ2v) is 5.88. The number of nitrogens with one attached hydrogen (secondary N) is 1. The number of hydrogen-bond donors (Lipinski definition) is 2. The molecule has 0 radical (unpaired) electrons. The van der Waals surface area contributed by atoms with Gasteiger partial charge < -0.3 is 20.5 Å². The summed E-state index contributed by atoms with van der Waals surface area (Å²) in [5.74, 6) is 0.946. The van der Waals surface area contributed by atoms with Crippen LogP contribution in [0.1, 0.15) is 38.2 Å². The van der Waals surface area contributed by atoms with Crippen LogP contribution < -0.4 is 11.1 Å². The Morgan fingerprint density at radius 3 is 3.09 bits per heavy atom. The maximum atomic E-state index is 5.91. The lowest BCUT2D eigenvalue weighted by Gasteiger charge is -2.10. The second kappa shape index (κ2) is 8.76. The van der Waals surface area contributed by atoms with Crippen LogP contribution in [0.4, 0.5) is 5.69 Å². The summed E-state index contributed by atoms with van der Waals surface area (Å²) in [4.78, 5) is 4.33. The van der Waals surface area contributed by atoms with Gasteiger partial charge >= 0.3 is 0 Å². The van der Waals surface area contributed by atoms with Crippen molar-refractivity contribution in [1.82, 2.24) is 0 Å². The quantitative estimate of drug-likeness (QED) is 0.462. The van der Waals surface area contributed by atoms with Gasteiger partial charge in [-0.3, -0.25) is 4.99 Å². The summed E-state index contributed by atoms with van der Waals surface area (Å²) in [6.07, 6.45) is 2.13. The molecule has 1 aromatic rings. The minimum atomic E-state index is 0.262. The molecule has 1 heterocycles. The molecule has 0 aromatic heterocycles. The summed E-state index contributed by atoms with van der Waals surface area (Å²) < 4.78 is 11.0. The van der Waals surface area contributed by atoms with Gasteiger partial charge in [-0.1, -0.05) is 26.0 Å². The highest BCUT2D eigenvalue weighted by molar-refractivity contribution is 5.92. The van der Waals surface area contributed by atoms with Gasteiger partial charge in [0.25, 0.3) is 0 Å². The lowest BCUT2D eigenvalue weighted by Crippen LogP contribution is -2.23. The number of aliphatic imine (C=N–C) groups is 1. The van der Waals surface area contributed by atoms with E-state index in [0.717, 1.165) is 31.7 Å². The van der Waals surface area contributed by atoms with Crippen LogP contribution in [0.5, 0.6) is 0 Å². The zero-order valence-corrected chi connectivity index (χ0v) is 13.5. The number of rotatable bonds is 7. The third-order valence-electron chi connectivity index (χ3n) is 3.65. The van der Waals surface area contributed by atoms with Crippen molar-refractivity contribution in [2.45, 2.75) is 38.7 Å². The third-order valence-corrected chi connectivity index (χ3v) is 3.65. The van der Waals surface area contributed by atoms with E-state index >= 15 is 0 Å². The Labute approximate surface area is 132 Å². The SMILES string of the molecule is CC(C)c1cccc(NC(N)=NCCCOC2CCOC2)c1. The number of guanidine groups is 1. The Bertz CT molecular complexity index is 483. The Morgan fingerprint density at radius 2 is 2.36 bits per heavy atom. The minimum absolute atomic E-state index is 0.262. The lowest BCUT2D eigenvalue weighted by molar-refractivity contribution is 0.0424. The highest BCUT2D eigenvalue weighted by Crippen LogP contribution is 2.18. The molecule has 22 heavy (non-hydrogen) atoms. The van der Waals surface area contributed by atoms with Crippen molar-refractivity contribution in [2.24, 2.45) is 10.7 Å².